The van der Waals surface area contributed by atoms with E-state index in [-0.39, 0.29) is 12.6 Å². The number of carbonyl (C=O) groups is 1. The van der Waals surface area contributed by atoms with E-state index in [2.05, 4.69) is 12.2 Å². The van der Waals surface area contributed by atoms with Crippen LogP contribution in [0.25, 0.3) is 0 Å². The summed E-state index contributed by atoms with van der Waals surface area (Å²) in [5, 5.41) is 11.8. The Hall–Kier alpha value is -1.55. The third-order valence-corrected chi connectivity index (χ3v) is 2.74. The summed E-state index contributed by atoms with van der Waals surface area (Å²) in [7, 11) is 0. The fourth-order valence-corrected chi connectivity index (χ4v) is 1.62. The minimum Gasteiger partial charge on any atom is -0.395 e. The van der Waals surface area contributed by atoms with E-state index in [1.54, 1.807) is 4.90 Å². The lowest BCUT2D eigenvalue weighted by Gasteiger charge is -2.22. The zero-order valence-electron chi connectivity index (χ0n) is 11.1. The number of unbranched alkanes of at least 4 members (excludes halogenated alkanes) is 1. The molecule has 2 amide bonds. The van der Waals surface area contributed by atoms with Crippen molar-refractivity contribution < 1.29 is 9.90 Å². The van der Waals surface area contributed by atoms with Crippen LogP contribution in [0, 0.1) is 6.92 Å². The van der Waals surface area contributed by atoms with E-state index in [0.717, 1.165) is 24.1 Å². The molecule has 0 fully saturated rings. The van der Waals surface area contributed by atoms with Gasteiger partial charge in [-0.25, -0.2) is 4.79 Å². The summed E-state index contributed by atoms with van der Waals surface area (Å²) in [6.45, 7) is 5.12. The molecule has 1 aromatic rings. The van der Waals surface area contributed by atoms with Gasteiger partial charge in [0, 0.05) is 18.8 Å². The zero-order valence-corrected chi connectivity index (χ0v) is 11.1. The van der Waals surface area contributed by atoms with E-state index < -0.39 is 0 Å². The second-order valence-corrected chi connectivity index (χ2v) is 4.36. The maximum Gasteiger partial charge on any atom is 0.321 e. The normalized spacial score (nSPS) is 10.2. The third kappa shape index (κ3) is 4.75. The van der Waals surface area contributed by atoms with Crippen LogP contribution in [-0.2, 0) is 0 Å². The number of amides is 2. The first-order valence-corrected chi connectivity index (χ1v) is 6.40. The van der Waals surface area contributed by atoms with Crippen LogP contribution in [0.4, 0.5) is 10.5 Å². The van der Waals surface area contributed by atoms with Gasteiger partial charge in [0.25, 0.3) is 0 Å². The lowest BCUT2D eigenvalue weighted by atomic mass is 10.2. The molecule has 0 atom stereocenters. The van der Waals surface area contributed by atoms with E-state index in [1.807, 2.05) is 31.2 Å². The van der Waals surface area contributed by atoms with Crippen molar-refractivity contribution in [3.63, 3.8) is 0 Å². The maximum absolute atomic E-state index is 12.0. The van der Waals surface area contributed by atoms with Crippen LogP contribution in [0.5, 0.6) is 0 Å². The Kier molecular flexibility index (Phi) is 6.22. The molecule has 0 unspecified atom stereocenters. The van der Waals surface area contributed by atoms with Crippen molar-refractivity contribution in [3.05, 3.63) is 29.8 Å². The van der Waals surface area contributed by atoms with Gasteiger partial charge in [-0.2, -0.15) is 0 Å². The number of urea groups is 1. The molecular weight excluding hydrogens is 228 g/mol. The highest BCUT2D eigenvalue weighted by Crippen LogP contribution is 2.09. The van der Waals surface area contributed by atoms with Gasteiger partial charge in [-0.3, -0.25) is 0 Å². The lowest BCUT2D eigenvalue weighted by Crippen LogP contribution is -2.37. The fourth-order valence-electron chi connectivity index (χ4n) is 1.62. The van der Waals surface area contributed by atoms with Crippen molar-refractivity contribution in [2.75, 3.05) is 25.0 Å². The molecule has 1 aromatic carbocycles. The predicted molar refractivity (Wildman–Crippen MR) is 73.8 cm³/mol. The molecular formula is C14H22N2O2. The molecule has 18 heavy (non-hydrogen) atoms. The Balaban J connectivity index is 2.57. The van der Waals surface area contributed by atoms with Crippen molar-refractivity contribution in [1.82, 2.24) is 4.90 Å². The molecule has 100 valence electrons. The molecule has 0 bridgehead atoms. The monoisotopic (exact) mass is 250 g/mol. The average molecular weight is 250 g/mol. The van der Waals surface area contributed by atoms with E-state index >= 15 is 0 Å². The molecule has 0 aliphatic rings. The number of aliphatic hydroxyl groups is 1. The first-order chi connectivity index (χ1) is 8.67. The van der Waals surface area contributed by atoms with E-state index in [1.165, 1.54) is 0 Å². The second kappa shape index (κ2) is 7.71. The van der Waals surface area contributed by atoms with Crippen molar-refractivity contribution in [2.24, 2.45) is 0 Å². The topological polar surface area (TPSA) is 52.6 Å². The molecule has 0 saturated heterocycles. The molecule has 0 radical (unpaired) electrons. The summed E-state index contributed by atoms with van der Waals surface area (Å²) in [6.07, 6.45) is 1.97. The molecule has 4 heteroatoms. The Morgan fingerprint density at radius 1 is 1.28 bits per heavy atom. The Morgan fingerprint density at radius 2 is 1.94 bits per heavy atom. The number of aliphatic hydroxyl groups excluding tert-OH is 1. The van der Waals surface area contributed by atoms with Crippen molar-refractivity contribution in [3.8, 4) is 0 Å². The van der Waals surface area contributed by atoms with E-state index in [4.69, 9.17) is 5.11 Å². The van der Waals surface area contributed by atoms with E-state index in [9.17, 15) is 4.79 Å². The SMILES string of the molecule is CCCCN(CCO)C(=O)Nc1ccc(C)cc1. The van der Waals surface area contributed by atoms with E-state index in [0.29, 0.717) is 13.1 Å². The first kappa shape index (κ1) is 14.5. The maximum atomic E-state index is 12.0. The summed E-state index contributed by atoms with van der Waals surface area (Å²) in [6, 6.07) is 7.52. The van der Waals surface area contributed by atoms with Crippen molar-refractivity contribution in [2.45, 2.75) is 26.7 Å². The predicted octanol–water partition coefficient (Wildman–Crippen LogP) is 2.62. The minimum absolute atomic E-state index is 0.00890. The number of nitrogens with one attached hydrogen (secondary N) is 1. The van der Waals surface area contributed by atoms with Gasteiger partial charge in [0.1, 0.15) is 0 Å². The van der Waals surface area contributed by atoms with Gasteiger partial charge in [0.15, 0.2) is 0 Å². The summed E-state index contributed by atoms with van der Waals surface area (Å²) in [5.41, 5.74) is 1.94. The average Bonchev–Trinajstić information content (AvgIpc) is 2.37. The van der Waals surface area contributed by atoms with Crippen LogP contribution in [0.2, 0.25) is 0 Å². The third-order valence-electron chi connectivity index (χ3n) is 2.74. The van der Waals surface area contributed by atoms with Gasteiger partial charge >= 0.3 is 6.03 Å². The molecule has 1 rings (SSSR count). The van der Waals surface area contributed by atoms with Gasteiger partial charge in [-0.05, 0) is 25.5 Å². The number of anilines is 1. The number of benzene rings is 1. The number of rotatable bonds is 6. The first-order valence-electron chi connectivity index (χ1n) is 6.40. The van der Waals surface area contributed by atoms with Gasteiger partial charge in [0.2, 0.25) is 0 Å². The number of aryl methyl sites for hydroxylation is 1. The second-order valence-electron chi connectivity index (χ2n) is 4.36. The molecule has 0 saturated carbocycles. The summed E-state index contributed by atoms with van der Waals surface area (Å²) < 4.78 is 0. The van der Waals surface area contributed by atoms with Crippen LogP contribution < -0.4 is 5.32 Å². The van der Waals surface area contributed by atoms with Crippen LogP contribution in [-0.4, -0.2) is 35.7 Å². The van der Waals surface area contributed by atoms with Gasteiger partial charge < -0.3 is 15.3 Å². The molecule has 2 N–H and O–H groups in total. The van der Waals surface area contributed by atoms with Crippen LogP contribution in [0.15, 0.2) is 24.3 Å². The van der Waals surface area contributed by atoms with Crippen LogP contribution >= 0.6 is 0 Å². The Bertz CT molecular complexity index is 363. The molecule has 0 aromatic heterocycles. The number of carbonyl (C=O) groups excluding carboxylic acids is 1. The Morgan fingerprint density at radius 3 is 2.50 bits per heavy atom. The highest BCUT2D eigenvalue weighted by atomic mass is 16.3. The summed E-state index contributed by atoms with van der Waals surface area (Å²) in [4.78, 5) is 13.6. The highest BCUT2D eigenvalue weighted by Gasteiger charge is 2.12. The van der Waals surface area contributed by atoms with Crippen molar-refractivity contribution in [1.29, 1.82) is 0 Å². The van der Waals surface area contributed by atoms with Crippen molar-refractivity contribution >= 4 is 11.7 Å². The fraction of sp³-hybridized carbons (Fsp3) is 0.500. The number of nitrogens with zero attached hydrogens (tertiary/aromatic N) is 1. The number of hydrogen-bond donors (Lipinski definition) is 2. The number of hydrogen-bond acceptors (Lipinski definition) is 2. The van der Waals surface area contributed by atoms with Gasteiger partial charge in [-0.1, -0.05) is 31.0 Å². The highest BCUT2D eigenvalue weighted by molar-refractivity contribution is 5.89. The Labute approximate surface area is 109 Å². The smallest absolute Gasteiger partial charge is 0.321 e. The van der Waals surface area contributed by atoms with Gasteiger partial charge in [-0.15, -0.1) is 0 Å². The summed E-state index contributed by atoms with van der Waals surface area (Å²) in [5.74, 6) is 0. The molecule has 0 heterocycles. The standard InChI is InChI=1S/C14H22N2O2/c1-3-4-9-16(10-11-17)14(18)15-13-7-5-12(2)6-8-13/h5-8,17H,3-4,9-11H2,1-2H3,(H,15,18). The zero-order chi connectivity index (χ0) is 13.4. The quantitative estimate of drug-likeness (QED) is 0.815. The molecule has 0 spiro atoms. The molecule has 4 nitrogen and oxygen atoms in total. The lowest BCUT2D eigenvalue weighted by molar-refractivity contribution is 0.187. The van der Waals surface area contributed by atoms with Crippen LogP contribution in [0.3, 0.4) is 0 Å². The minimum atomic E-state index is -0.152. The van der Waals surface area contributed by atoms with Crippen LogP contribution in [0.1, 0.15) is 25.3 Å². The summed E-state index contributed by atoms with van der Waals surface area (Å²) >= 11 is 0. The molecule has 0 aliphatic heterocycles. The van der Waals surface area contributed by atoms with Gasteiger partial charge in [0.05, 0.1) is 6.61 Å². The largest absolute Gasteiger partial charge is 0.395 e. The molecule has 0 aliphatic carbocycles.